The second-order valence-electron chi connectivity index (χ2n) is 3.19. The predicted octanol–water partition coefficient (Wildman–Crippen LogP) is 1.19. The van der Waals surface area contributed by atoms with Crippen LogP contribution in [0.15, 0.2) is 6.20 Å². The molecule has 1 aromatic rings. The molecular formula is C9H14N2OS. The summed E-state index contributed by atoms with van der Waals surface area (Å²) in [4.78, 5) is 5.63. The van der Waals surface area contributed by atoms with Gasteiger partial charge in [-0.05, 0) is 6.42 Å². The van der Waals surface area contributed by atoms with Crippen molar-refractivity contribution in [2.75, 3.05) is 13.2 Å². The number of hydrogen-bond donors (Lipinski definition) is 1. The minimum atomic E-state index is 0.562. The molecule has 2 heterocycles. The first kappa shape index (κ1) is 9.12. The monoisotopic (exact) mass is 198 g/mol. The first-order chi connectivity index (χ1) is 6.38. The lowest BCUT2D eigenvalue weighted by Gasteiger charge is -2.26. The molecule has 13 heavy (non-hydrogen) atoms. The minimum Gasteiger partial charge on any atom is -0.378 e. The van der Waals surface area contributed by atoms with Crippen molar-refractivity contribution in [3.8, 4) is 0 Å². The van der Waals surface area contributed by atoms with Crippen LogP contribution >= 0.6 is 11.3 Å². The van der Waals surface area contributed by atoms with Crippen LogP contribution < -0.4 is 5.32 Å². The molecule has 1 aliphatic rings. The van der Waals surface area contributed by atoms with Gasteiger partial charge in [-0.25, -0.2) is 4.98 Å². The van der Waals surface area contributed by atoms with Gasteiger partial charge in [-0.15, -0.1) is 11.3 Å². The van der Waals surface area contributed by atoms with Gasteiger partial charge in [-0.1, -0.05) is 6.92 Å². The molecule has 0 unspecified atom stereocenters. The third-order valence-electron chi connectivity index (χ3n) is 2.11. The van der Waals surface area contributed by atoms with Crippen LogP contribution in [0.25, 0.3) is 0 Å². The predicted molar refractivity (Wildman–Crippen MR) is 52.9 cm³/mol. The molecule has 72 valence electrons. The van der Waals surface area contributed by atoms with Crippen molar-refractivity contribution in [3.05, 3.63) is 16.1 Å². The quantitative estimate of drug-likeness (QED) is 0.789. The van der Waals surface area contributed by atoms with Gasteiger partial charge in [0.25, 0.3) is 0 Å². The van der Waals surface area contributed by atoms with Crippen LogP contribution in [0.1, 0.15) is 16.8 Å². The molecular weight excluding hydrogens is 184 g/mol. The fourth-order valence-corrected chi connectivity index (χ4v) is 2.00. The van der Waals surface area contributed by atoms with E-state index in [1.54, 1.807) is 11.3 Å². The summed E-state index contributed by atoms with van der Waals surface area (Å²) in [6, 6.07) is 0.562. The van der Waals surface area contributed by atoms with Gasteiger partial charge in [0.1, 0.15) is 0 Å². The first-order valence-electron chi connectivity index (χ1n) is 4.63. The summed E-state index contributed by atoms with van der Waals surface area (Å²) >= 11 is 1.80. The molecule has 0 radical (unpaired) electrons. The van der Waals surface area contributed by atoms with Crippen molar-refractivity contribution in [1.82, 2.24) is 10.3 Å². The fraction of sp³-hybridized carbons (Fsp3) is 0.667. The topological polar surface area (TPSA) is 34.2 Å². The molecule has 4 heteroatoms. The molecule has 2 rings (SSSR count). The van der Waals surface area contributed by atoms with E-state index in [1.807, 2.05) is 6.20 Å². The second-order valence-corrected chi connectivity index (χ2v) is 4.39. The Hall–Kier alpha value is -0.450. The summed E-state index contributed by atoms with van der Waals surface area (Å²) in [6.45, 7) is 4.79. The van der Waals surface area contributed by atoms with Crippen LogP contribution in [-0.4, -0.2) is 24.2 Å². The van der Waals surface area contributed by atoms with Crippen molar-refractivity contribution < 1.29 is 4.74 Å². The molecule has 1 aliphatic heterocycles. The van der Waals surface area contributed by atoms with E-state index >= 15 is 0 Å². The summed E-state index contributed by atoms with van der Waals surface area (Å²) in [5, 5.41) is 4.64. The number of aromatic nitrogens is 1. The van der Waals surface area contributed by atoms with Crippen LogP contribution in [0.5, 0.6) is 0 Å². The number of nitrogens with one attached hydrogen (secondary N) is 1. The summed E-state index contributed by atoms with van der Waals surface area (Å²) in [5.41, 5.74) is 0. The minimum absolute atomic E-state index is 0.562. The van der Waals surface area contributed by atoms with E-state index in [0.29, 0.717) is 6.04 Å². The fourth-order valence-electron chi connectivity index (χ4n) is 1.19. The number of nitrogens with zero attached hydrogens (tertiary/aromatic N) is 1. The highest BCUT2D eigenvalue weighted by atomic mass is 32.1. The van der Waals surface area contributed by atoms with Gasteiger partial charge >= 0.3 is 0 Å². The maximum atomic E-state index is 5.07. The Kier molecular flexibility index (Phi) is 2.93. The van der Waals surface area contributed by atoms with Gasteiger partial charge in [0.05, 0.1) is 24.3 Å². The molecule has 0 atom stereocenters. The third-order valence-corrected chi connectivity index (χ3v) is 3.25. The summed E-state index contributed by atoms with van der Waals surface area (Å²) in [5.74, 6) is 0. The van der Waals surface area contributed by atoms with Crippen molar-refractivity contribution in [3.63, 3.8) is 0 Å². The van der Waals surface area contributed by atoms with E-state index in [9.17, 15) is 0 Å². The molecule has 1 aromatic heterocycles. The molecule has 0 aliphatic carbocycles. The molecule has 0 bridgehead atoms. The highest BCUT2D eigenvalue weighted by Crippen LogP contribution is 2.13. The number of hydrogen-bond acceptors (Lipinski definition) is 4. The van der Waals surface area contributed by atoms with E-state index < -0.39 is 0 Å². The Bertz CT molecular complexity index is 270. The summed E-state index contributed by atoms with van der Waals surface area (Å²) < 4.78 is 5.07. The number of ether oxygens (including phenoxy) is 1. The van der Waals surface area contributed by atoms with Gasteiger partial charge < -0.3 is 10.1 Å². The van der Waals surface area contributed by atoms with Gasteiger partial charge in [-0.2, -0.15) is 0 Å². The van der Waals surface area contributed by atoms with Crippen LogP contribution in [0.3, 0.4) is 0 Å². The lowest BCUT2D eigenvalue weighted by molar-refractivity contribution is -0.00568. The maximum Gasteiger partial charge on any atom is 0.0925 e. The Labute approximate surface area is 82.1 Å². The lowest BCUT2D eigenvalue weighted by atomic mass is 10.2. The van der Waals surface area contributed by atoms with E-state index in [4.69, 9.17) is 4.74 Å². The smallest absolute Gasteiger partial charge is 0.0925 e. The average molecular weight is 198 g/mol. The zero-order valence-electron chi connectivity index (χ0n) is 7.75. The second kappa shape index (κ2) is 4.17. The lowest BCUT2D eigenvalue weighted by Crippen LogP contribution is -2.45. The van der Waals surface area contributed by atoms with E-state index in [-0.39, 0.29) is 0 Å². The van der Waals surface area contributed by atoms with Gasteiger partial charge in [0.15, 0.2) is 0 Å². The van der Waals surface area contributed by atoms with Crippen LogP contribution in [0, 0.1) is 0 Å². The van der Waals surface area contributed by atoms with Crippen molar-refractivity contribution in [1.29, 1.82) is 0 Å². The Morgan fingerprint density at radius 1 is 1.69 bits per heavy atom. The van der Waals surface area contributed by atoms with E-state index in [0.717, 1.165) is 26.2 Å². The van der Waals surface area contributed by atoms with Crippen molar-refractivity contribution in [2.45, 2.75) is 25.9 Å². The average Bonchev–Trinajstić information content (AvgIpc) is 2.49. The van der Waals surface area contributed by atoms with E-state index in [1.165, 1.54) is 9.88 Å². The highest BCUT2D eigenvalue weighted by molar-refractivity contribution is 7.11. The van der Waals surface area contributed by atoms with Gasteiger partial charge in [0.2, 0.25) is 0 Å². The first-order valence-corrected chi connectivity index (χ1v) is 5.45. The number of aryl methyl sites for hydroxylation is 1. The molecule has 3 nitrogen and oxygen atoms in total. The molecule has 1 fully saturated rings. The molecule has 0 saturated carbocycles. The van der Waals surface area contributed by atoms with Crippen molar-refractivity contribution >= 4 is 11.3 Å². The standard InChI is InChI=1S/C9H14N2OS/c1-2-9-11-4-8(13-9)3-10-7-5-12-6-7/h4,7,10H,2-3,5-6H2,1H3. The summed E-state index contributed by atoms with van der Waals surface area (Å²) in [7, 11) is 0. The van der Waals surface area contributed by atoms with Gasteiger partial charge in [0, 0.05) is 17.6 Å². The maximum absolute atomic E-state index is 5.07. The van der Waals surface area contributed by atoms with Crippen LogP contribution in [0.4, 0.5) is 0 Å². The molecule has 1 saturated heterocycles. The Morgan fingerprint density at radius 2 is 2.54 bits per heavy atom. The highest BCUT2D eigenvalue weighted by Gasteiger charge is 2.17. The third kappa shape index (κ3) is 2.27. The molecule has 0 amide bonds. The van der Waals surface area contributed by atoms with Gasteiger partial charge in [-0.3, -0.25) is 0 Å². The Balaban J connectivity index is 1.79. The number of thiazole rings is 1. The molecule has 1 N–H and O–H groups in total. The molecule has 0 spiro atoms. The van der Waals surface area contributed by atoms with Crippen molar-refractivity contribution in [2.24, 2.45) is 0 Å². The van der Waals surface area contributed by atoms with Crippen LogP contribution in [-0.2, 0) is 17.7 Å². The normalized spacial score (nSPS) is 17.3. The zero-order chi connectivity index (χ0) is 9.10. The van der Waals surface area contributed by atoms with E-state index in [2.05, 4.69) is 17.2 Å². The summed E-state index contributed by atoms with van der Waals surface area (Å²) in [6.07, 6.45) is 3.01. The van der Waals surface area contributed by atoms with Crippen LogP contribution in [0.2, 0.25) is 0 Å². The number of rotatable bonds is 4. The largest absolute Gasteiger partial charge is 0.378 e. The Morgan fingerprint density at radius 3 is 3.08 bits per heavy atom. The molecule has 0 aromatic carbocycles. The SMILES string of the molecule is CCc1ncc(CNC2COC2)s1. The zero-order valence-corrected chi connectivity index (χ0v) is 8.56.